The molecule has 1 heterocycles. The zero-order valence-corrected chi connectivity index (χ0v) is 12.6. The zero-order chi connectivity index (χ0) is 15.2. The number of nitrogens with zero attached hydrogens (tertiary/aromatic N) is 2. The summed E-state index contributed by atoms with van der Waals surface area (Å²) in [6.07, 6.45) is 2.43. The summed E-state index contributed by atoms with van der Waals surface area (Å²) in [7, 11) is 0. The zero-order valence-electron chi connectivity index (χ0n) is 12.6. The molecular weight excluding hydrogens is 266 g/mol. The van der Waals surface area contributed by atoms with Gasteiger partial charge in [0.25, 0.3) is 5.91 Å². The summed E-state index contributed by atoms with van der Waals surface area (Å²) in [6.45, 7) is 6.80. The minimum atomic E-state index is -0.222. The third-order valence-electron chi connectivity index (χ3n) is 3.18. The van der Waals surface area contributed by atoms with Crippen LogP contribution < -0.4 is 10.6 Å². The lowest BCUT2D eigenvalue weighted by Crippen LogP contribution is -2.28. The van der Waals surface area contributed by atoms with Crippen molar-refractivity contribution in [2.24, 2.45) is 0 Å². The maximum atomic E-state index is 12.4. The second-order valence-corrected chi connectivity index (χ2v) is 5.04. The van der Waals surface area contributed by atoms with Crippen molar-refractivity contribution in [3.8, 4) is 0 Å². The van der Waals surface area contributed by atoms with Crippen LogP contribution in [-0.2, 0) is 0 Å². The Morgan fingerprint density at radius 3 is 2.90 bits per heavy atom. The molecule has 0 bridgehead atoms. The number of anilines is 1. The van der Waals surface area contributed by atoms with E-state index in [-0.39, 0.29) is 11.9 Å². The number of benzene rings is 1. The topological polar surface area (TPSA) is 82.7 Å². The molecule has 112 valence electrons. The van der Waals surface area contributed by atoms with E-state index in [0.29, 0.717) is 11.4 Å². The van der Waals surface area contributed by atoms with E-state index < -0.39 is 0 Å². The molecular formula is C15H21N5O. The van der Waals surface area contributed by atoms with Crippen molar-refractivity contribution in [2.75, 3.05) is 11.9 Å². The molecule has 0 aliphatic rings. The molecule has 0 aliphatic heterocycles. The molecule has 0 saturated carbocycles. The Morgan fingerprint density at radius 2 is 2.24 bits per heavy atom. The van der Waals surface area contributed by atoms with Crippen LogP contribution in [0.2, 0.25) is 0 Å². The first kappa shape index (κ1) is 15.0. The standard InChI is InChI=1S/C15H21N5O/c1-4-7-16-13-8-10(2)5-6-12(13)15(21)19-11(3)14-17-9-18-20-14/h5-6,8-9,11,16H,4,7H2,1-3H3,(H,19,21)(H,17,18,20). The van der Waals surface area contributed by atoms with Crippen LogP contribution in [0.4, 0.5) is 5.69 Å². The number of rotatable bonds is 6. The molecule has 0 fully saturated rings. The Morgan fingerprint density at radius 1 is 1.43 bits per heavy atom. The Bertz CT molecular complexity index is 594. The van der Waals surface area contributed by atoms with Crippen molar-refractivity contribution < 1.29 is 4.79 Å². The van der Waals surface area contributed by atoms with Gasteiger partial charge in [-0.3, -0.25) is 9.89 Å². The normalized spacial score (nSPS) is 12.0. The number of hydrogen-bond acceptors (Lipinski definition) is 4. The maximum absolute atomic E-state index is 12.4. The van der Waals surface area contributed by atoms with Gasteiger partial charge in [0.15, 0.2) is 0 Å². The van der Waals surface area contributed by atoms with Crippen molar-refractivity contribution in [3.05, 3.63) is 41.5 Å². The van der Waals surface area contributed by atoms with Crippen LogP contribution in [-0.4, -0.2) is 27.6 Å². The highest BCUT2D eigenvalue weighted by molar-refractivity contribution is 5.99. The van der Waals surface area contributed by atoms with Crippen molar-refractivity contribution >= 4 is 11.6 Å². The number of aromatic amines is 1. The van der Waals surface area contributed by atoms with E-state index in [1.54, 1.807) is 0 Å². The Kier molecular flexibility index (Phi) is 4.92. The van der Waals surface area contributed by atoms with Crippen LogP contribution in [0.3, 0.4) is 0 Å². The predicted octanol–water partition coefficient (Wildman–Crippen LogP) is 2.43. The van der Waals surface area contributed by atoms with Gasteiger partial charge in [0, 0.05) is 12.2 Å². The summed E-state index contributed by atoms with van der Waals surface area (Å²) in [5.74, 6) is 0.510. The van der Waals surface area contributed by atoms with Crippen molar-refractivity contribution in [1.29, 1.82) is 0 Å². The lowest BCUT2D eigenvalue weighted by Gasteiger charge is -2.15. The molecule has 1 aromatic heterocycles. The van der Waals surface area contributed by atoms with Crippen molar-refractivity contribution in [3.63, 3.8) is 0 Å². The molecule has 6 nitrogen and oxygen atoms in total. The molecule has 1 unspecified atom stereocenters. The second kappa shape index (κ2) is 6.88. The van der Waals surface area contributed by atoms with Crippen LogP contribution in [0, 0.1) is 6.92 Å². The van der Waals surface area contributed by atoms with Crippen LogP contribution >= 0.6 is 0 Å². The number of aromatic nitrogens is 3. The number of H-pyrrole nitrogens is 1. The van der Waals surface area contributed by atoms with Gasteiger partial charge in [-0.05, 0) is 38.0 Å². The highest BCUT2D eigenvalue weighted by Gasteiger charge is 2.16. The molecule has 1 amide bonds. The number of nitrogens with one attached hydrogen (secondary N) is 3. The third-order valence-corrected chi connectivity index (χ3v) is 3.18. The van der Waals surface area contributed by atoms with Gasteiger partial charge in [0.05, 0.1) is 11.6 Å². The number of hydrogen-bond donors (Lipinski definition) is 3. The Balaban J connectivity index is 2.14. The minimum Gasteiger partial charge on any atom is -0.384 e. The van der Waals surface area contributed by atoms with Gasteiger partial charge in [-0.15, -0.1) is 0 Å². The molecule has 6 heteroatoms. The van der Waals surface area contributed by atoms with E-state index in [2.05, 4.69) is 32.7 Å². The lowest BCUT2D eigenvalue weighted by atomic mass is 10.1. The summed E-state index contributed by atoms with van der Waals surface area (Å²) in [5.41, 5.74) is 2.62. The molecule has 0 spiro atoms. The van der Waals surface area contributed by atoms with Crippen LogP contribution in [0.1, 0.15) is 48.1 Å². The Hall–Kier alpha value is -2.37. The average Bonchev–Trinajstić information content (AvgIpc) is 2.99. The van der Waals surface area contributed by atoms with E-state index >= 15 is 0 Å². The van der Waals surface area contributed by atoms with Gasteiger partial charge in [0.1, 0.15) is 12.2 Å². The predicted molar refractivity (Wildman–Crippen MR) is 82.2 cm³/mol. The molecule has 1 atom stereocenters. The number of aryl methyl sites for hydroxylation is 1. The smallest absolute Gasteiger partial charge is 0.253 e. The molecule has 0 saturated heterocycles. The first-order chi connectivity index (χ1) is 10.1. The molecule has 1 aromatic carbocycles. The highest BCUT2D eigenvalue weighted by atomic mass is 16.1. The summed E-state index contributed by atoms with van der Waals surface area (Å²) < 4.78 is 0. The fourth-order valence-corrected chi connectivity index (χ4v) is 2.03. The van der Waals surface area contributed by atoms with E-state index in [4.69, 9.17) is 0 Å². The van der Waals surface area contributed by atoms with Gasteiger partial charge in [-0.25, -0.2) is 4.98 Å². The van der Waals surface area contributed by atoms with Crippen LogP contribution in [0.5, 0.6) is 0 Å². The highest BCUT2D eigenvalue weighted by Crippen LogP contribution is 2.19. The quantitative estimate of drug-likeness (QED) is 0.762. The third kappa shape index (κ3) is 3.81. The van der Waals surface area contributed by atoms with E-state index in [1.807, 2.05) is 32.0 Å². The molecule has 0 aliphatic carbocycles. The Labute approximate surface area is 124 Å². The largest absolute Gasteiger partial charge is 0.384 e. The SMILES string of the molecule is CCCNc1cc(C)ccc1C(=O)NC(C)c1ncn[nH]1. The number of amides is 1. The summed E-state index contributed by atoms with van der Waals surface area (Å²) in [5, 5.41) is 12.8. The molecule has 2 rings (SSSR count). The fourth-order valence-electron chi connectivity index (χ4n) is 2.03. The van der Waals surface area contributed by atoms with Crippen molar-refractivity contribution in [2.45, 2.75) is 33.2 Å². The summed E-state index contributed by atoms with van der Waals surface area (Å²) in [6, 6.07) is 5.55. The van der Waals surface area contributed by atoms with E-state index in [0.717, 1.165) is 24.2 Å². The fraction of sp³-hybridized carbons (Fsp3) is 0.400. The van der Waals surface area contributed by atoms with Gasteiger partial charge in [-0.1, -0.05) is 13.0 Å². The molecule has 0 radical (unpaired) electrons. The van der Waals surface area contributed by atoms with Gasteiger partial charge < -0.3 is 10.6 Å². The van der Waals surface area contributed by atoms with Crippen molar-refractivity contribution in [1.82, 2.24) is 20.5 Å². The first-order valence-corrected chi connectivity index (χ1v) is 7.12. The molecule has 3 N–H and O–H groups in total. The van der Waals surface area contributed by atoms with E-state index in [9.17, 15) is 4.79 Å². The lowest BCUT2D eigenvalue weighted by molar-refractivity contribution is 0.0939. The first-order valence-electron chi connectivity index (χ1n) is 7.12. The second-order valence-electron chi connectivity index (χ2n) is 5.04. The van der Waals surface area contributed by atoms with Crippen LogP contribution in [0.25, 0.3) is 0 Å². The number of carbonyl (C=O) groups is 1. The summed E-state index contributed by atoms with van der Waals surface area (Å²) in [4.78, 5) is 16.5. The van der Waals surface area contributed by atoms with Gasteiger partial charge in [0.2, 0.25) is 0 Å². The van der Waals surface area contributed by atoms with Gasteiger partial charge in [-0.2, -0.15) is 5.10 Å². The minimum absolute atomic E-state index is 0.127. The van der Waals surface area contributed by atoms with Gasteiger partial charge >= 0.3 is 0 Å². The average molecular weight is 287 g/mol. The summed E-state index contributed by atoms with van der Waals surface area (Å²) >= 11 is 0. The van der Waals surface area contributed by atoms with Crippen LogP contribution in [0.15, 0.2) is 24.5 Å². The maximum Gasteiger partial charge on any atom is 0.253 e. The van der Waals surface area contributed by atoms with E-state index in [1.165, 1.54) is 6.33 Å². The molecule has 21 heavy (non-hydrogen) atoms. The molecule has 2 aromatic rings. The monoisotopic (exact) mass is 287 g/mol. The number of carbonyl (C=O) groups excluding carboxylic acids is 1.